The second-order valence-electron chi connectivity index (χ2n) is 2.11. The van der Waals surface area contributed by atoms with Crippen LogP contribution in [-0.2, 0) is 0 Å². The highest BCUT2D eigenvalue weighted by atomic mass is 32.1. The number of carbonyl (C=O) groups excluding carboxylic acids is 1. The molecule has 1 amide bonds. The molecule has 0 aliphatic carbocycles. The molecule has 7 heteroatoms. The van der Waals surface area contributed by atoms with E-state index in [9.17, 15) is 4.79 Å². The molecule has 0 saturated carbocycles. The van der Waals surface area contributed by atoms with Gasteiger partial charge in [0.05, 0.1) is 12.4 Å². The molecule has 0 unspecified atom stereocenters. The maximum absolute atomic E-state index is 11.3. The third-order valence-electron chi connectivity index (χ3n) is 1.26. The van der Waals surface area contributed by atoms with E-state index >= 15 is 0 Å². The summed E-state index contributed by atoms with van der Waals surface area (Å²) in [5.74, 6) is 0.00477. The molecule has 0 aromatic carbocycles. The van der Waals surface area contributed by atoms with E-state index in [2.05, 4.69) is 24.6 Å². The minimum absolute atomic E-state index is 0.299. The van der Waals surface area contributed by atoms with Crippen LogP contribution in [0, 0.1) is 0 Å². The summed E-state index contributed by atoms with van der Waals surface area (Å²) in [4.78, 5) is 11.7. The van der Waals surface area contributed by atoms with Crippen LogP contribution in [0.3, 0.4) is 0 Å². The molecule has 6 nitrogen and oxygen atoms in total. The minimum Gasteiger partial charge on any atom is -0.338 e. The lowest BCUT2D eigenvalue weighted by Gasteiger charge is -1.94. The standard InChI is InChI=1S/C6H4N4O2S/c11-6(4-3-7-10-13-4)9-5-1-2-8-12-5/h1-3H,(H,9,11). The van der Waals surface area contributed by atoms with Crippen molar-refractivity contribution in [2.24, 2.45) is 0 Å². The van der Waals surface area contributed by atoms with Crippen LogP contribution in [0.5, 0.6) is 0 Å². The maximum Gasteiger partial charge on any atom is 0.271 e. The highest BCUT2D eigenvalue weighted by Crippen LogP contribution is 2.08. The Bertz CT molecular complexity index is 383. The van der Waals surface area contributed by atoms with E-state index in [0.717, 1.165) is 11.5 Å². The van der Waals surface area contributed by atoms with Crippen LogP contribution in [0.2, 0.25) is 0 Å². The zero-order valence-corrected chi connectivity index (χ0v) is 7.11. The number of aromatic nitrogens is 3. The Balaban J connectivity index is 2.08. The van der Waals surface area contributed by atoms with Gasteiger partial charge in [-0.3, -0.25) is 10.1 Å². The van der Waals surface area contributed by atoms with Crippen LogP contribution < -0.4 is 5.32 Å². The zero-order valence-electron chi connectivity index (χ0n) is 6.30. The molecule has 0 spiro atoms. The molecule has 0 aliphatic rings. The number of amides is 1. The number of carbonyl (C=O) groups is 1. The molecule has 13 heavy (non-hydrogen) atoms. The molecule has 0 fully saturated rings. The van der Waals surface area contributed by atoms with E-state index in [4.69, 9.17) is 0 Å². The van der Waals surface area contributed by atoms with Crippen LogP contribution in [0.1, 0.15) is 9.67 Å². The van der Waals surface area contributed by atoms with E-state index in [1.54, 1.807) is 6.07 Å². The summed E-state index contributed by atoms with van der Waals surface area (Å²) in [6.45, 7) is 0. The fourth-order valence-electron chi connectivity index (χ4n) is 0.721. The number of nitrogens with zero attached hydrogens (tertiary/aromatic N) is 3. The van der Waals surface area contributed by atoms with Crippen LogP contribution in [0.15, 0.2) is 23.0 Å². The quantitative estimate of drug-likeness (QED) is 0.767. The SMILES string of the molecule is O=C(Nc1ccno1)c1cnns1. The van der Waals surface area contributed by atoms with E-state index in [-0.39, 0.29) is 5.91 Å². The Morgan fingerprint density at radius 3 is 3.15 bits per heavy atom. The summed E-state index contributed by atoms with van der Waals surface area (Å²) in [5.41, 5.74) is 0. The summed E-state index contributed by atoms with van der Waals surface area (Å²) < 4.78 is 8.24. The fourth-order valence-corrected chi connectivity index (χ4v) is 1.13. The molecule has 0 bridgehead atoms. The number of anilines is 1. The van der Waals surface area contributed by atoms with Gasteiger partial charge in [-0.2, -0.15) is 0 Å². The van der Waals surface area contributed by atoms with Gasteiger partial charge in [0.2, 0.25) is 5.88 Å². The highest BCUT2D eigenvalue weighted by molar-refractivity contribution is 7.07. The van der Waals surface area contributed by atoms with Gasteiger partial charge < -0.3 is 4.52 Å². The van der Waals surface area contributed by atoms with Crippen molar-refractivity contribution >= 4 is 23.3 Å². The van der Waals surface area contributed by atoms with Crippen molar-refractivity contribution < 1.29 is 9.32 Å². The molecule has 2 aromatic rings. The predicted molar refractivity (Wildman–Crippen MR) is 44.4 cm³/mol. The van der Waals surface area contributed by atoms with Gasteiger partial charge in [-0.15, -0.1) is 5.10 Å². The average Bonchev–Trinajstić information content (AvgIpc) is 2.74. The van der Waals surface area contributed by atoms with E-state index in [1.807, 2.05) is 0 Å². The monoisotopic (exact) mass is 196 g/mol. The Hall–Kier alpha value is -1.76. The highest BCUT2D eigenvalue weighted by Gasteiger charge is 2.09. The van der Waals surface area contributed by atoms with Crippen molar-refractivity contribution in [2.75, 3.05) is 5.32 Å². The molecule has 0 aliphatic heterocycles. The number of hydrogen-bond donors (Lipinski definition) is 1. The third kappa shape index (κ3) is 1.70. The molecule has 2 aromatic heterocycles. The summed E-state index contributed by atoms with van der Waals surface area (Å²) >= 11 is 1.02. The number of hydrogen-bond acceptors (Lipinski definition) is 6. The van der Waals surface area contributed by atoms with Gasteiger partial charge in [-0.25, -0.2) is 0 Å². The summed E-state index contributed by atoms with van der Waals surface area (Å²) in [6.07, 6.45) is 2.83. The molecule has 0 radical (unpaired) electrons. The topological polar surface area (TPSA) is 80.9 Å². The van der Waals surface area contributed by atoms with Crippen LogP contribution >= 0.6 is 11.5 Å². The molecular formula is C6H4N4O2S. The second kappa shape index (κ2) is 3.31. The first-order valence-electron chi connectivity index (χ1n) is 3.35. The number of rotatable bonds is 2. The average molecular weight is 196 g/mol. The number of nitrogens with one attached hydrogen (secondary N) is 1. The largest absolute Gasteiger partial charge is 0.338 e. The van der Waals surface area contributed by atoms with E-state index in [1.165, 1.54) is 12.4 Å². The molecular weight excluding hydrogens is 192 g/mol. The van der Waals surface area contributed by atoms with Gasteiger partial charge in [0.15, 0.2) is 0 Å². The second-order valence-corrected chi connectivity index (χ2v) is 2.90. The van der Waals surface area contributed by atoms with E-state index in [0.29, 0.717) is 10.8 Å². The Morgan fingerprint density at radius 1 is 1.62 bits per heavy atom. The lowest BCUT2D eigenvalue weighted by atomic mass is 10.5. The van der Waals surface area contributed by atoms with Gasteiger partial charge >= 0.3 is 0 Å². The van der Waals surface area contributed by atoms with Crippen molar-refractivity contribution in [3.63, 3.8) is 0 Å². The molecule has 0 saturated heterocycles. The smallest absolute Gasteiger partial charge is 0.271 e. The van der Waals surface area contributed by atoms with Crippen molar-refractivity contribution in [1.29, 1.82) is 0 Å². The van der Waals surface area contributed by atoms with Gasteiger partial charge in [0.25, 0.3) is 5.91 Å². The Kier molecular flexibility index (Phi) is 2.01. The lowest BCUT2D eigenvalue weighted by Crippen LogP contribution is -2.09. The van der Waals surface area contributed by atoms with E-state index < -0.39 is 0 Å². The van der Waals surface area contributed by atoms with Crippen LogP contribution in [0.4, 0.5) is 5.88 Å². The zero-order chi connectivity index (χ0) is 9.10. The Morgan fingerprint density at radius 2 is 2.54 bits per heavy atom. The van der Waals surface area contributed by atoms with Gasteiger partial charge in [0, 0.05) is 6.07 Å². The van der Waals surface area contributed by atoms with Crippen molar-refractivity contribution in [3.05, 3.63) is 23.3 Å². The first-order chi connectivity index (χ1) is 6.36. The van der Waals surface area contributed by atoms with Crippen molar-refractivity contribution in [2.45, 2.75) is 0 Å². The summed E-state index contributed by atoms with van der Waals surface area (Å²) in [5, 5.41) is 9.46. The first kappa shape index (κ1) is 7.87. The third-order valence-corrected chi connectivity index (χ3v) is 1.92. The van der Waals surface area contributed by atoms with Crippen LogP contribution in [0.25, 0.3) is 0 Å². The van der Waals surface area contributed by atoms with Crippen molar-refractivity contribution in [1.82, 2.24) is 14.7 Å². The Labute approximate surface area is 76.7 Å². The fraction of sp³-hybridized carbons (Fsp3) is 0. The molecule has 2 heterocycles. The summed E-state index contributed by atoms with van der Waals surface area (Å²) in [6, 6.07) is 1.55. The predicted octanol–water partition coefficient (Wildman–Crippen LogP) is 0.778. The summed E-state index contributed by atoms with van der Waals surface area (Å²) in [7, 11) is 0. The van der Waals surface area contributed by atoms with Gasteiger partial charge in [-0.1, -0.05) is 9.64 Å². The first-order valence-corrected chi connectivity index (χ1v) is 4.13. The lowest BCUT2D eigenvalue weighted by molar-refractivity contribution is 0.102. The normalized spacial score (nSPS) is 9.85. The molecule has 1 N–H and O–H groups in total. The van der Waals surface area contributed by atoms with Gasteiger partial charge in [-0.05, 0) is 11.5 Å². The maximum atomic E-state index is 11.3. The van der Waals surface area contributed by atoms with Crippen molar-refractivity contribution in [3.8, 4) is 0 Å². The molecule has 0 atom stereocenters. The van der Waals surface area contributed by atoms with Gasteiger partial charge in [0.1, 0.15) is 4.88 Å². The minimum atomic E-state index is -0.299. The van der Waals surface area contributed by atoms with Crippen LogP contribution in [-0.4, -0.2) is 20.7 Å². The molecule has 66 valence electrons. The molecule has 2 rings (SSSR count).